The Hall–Kier alpha value is -2.32. The van der Waals surface area contributed by atoms with Crippen molar-refractivity contribution in [1.29, 1.82) is 0 Å². The fourth-order valence-corrected chi connectivity index (χ4v) is 1.99. The molecule has 0 saturated carbocycles. The largest absolute Gasteiger partial charge is 0.508 e. The Morgan fingerprint density at radius 2 is 2.04 bits per heavy atom. The second kappa shape index (κ2) is 9.09. The first-order valence-electron chi connectivity index (χ1n) is 7.42. The third-order valence-corrected chi connectivity index (χ3v) is 3.25. The molecule has 1 aromatic carbocycles. The van der Waals surface area contributed by atoms with Gasteiger partial charge in [-0.15, -0.1) is 0 Å². The van der Waals surface area contributed by atoms with Crippen LogP contribution in [-0.2, 0) is 28.5 Å². The molecule has 1 aliphatic rings. The fraction of sp³-hybridized carbons (Fsp3) is 0.500. The van der Waals surface area contributed by atoms with E-state index in [1.165, 1.54) is 7.11 Å². The fourth-order valence-electron chi connectivity index (χ4n) is 1.99. The minimum atomic E-state index is -0.837. The van der Waals surface area contributed by atoms with Gasteiger partial charge in [0.05, 0.1) is 13.7 Å². The molecule has 1 aromatic rings. The van der Waals surface area contributed by atoms with Crippen LogP contribution >= 0.6 is 0 Å². The molecule has 1 aliphatic heterocycles. The molecule has 8 heteroatoms. The highest BCUT2D eigenvalue weighted by Gasteiger charge is 2.33. The second-order valence-electron chi connectivity index (χ2n) is 5.01. The van der Waals surface area contributed by atoms with Crippen molar-refractivity contribution in [1.82, 2.24) is 0 Å². The Balaban J connectivity index is 1.86. The minimum Gasteiger partial charge on any atom is -0.479 e. The number of esters is 1. The maximum Gasteiger partial charge on any atom is 0.508 e. The Labute approximate surface area is 139 Å². The number of hydrogen-bond acceptors (Lipinski definition) is 8. The third kappa shape index (κ3) is 5.39. The predicted octanol–water partition coefficient (Wildman–Crippen LogP) is 1.52. The molecule has 0 aliphatic carbocycles. The first-order chi connectivity index (χ1) is 11.6. The molecule has 0 N–H and O–H groups in total. The maximum atomic E-state index is 12.2. The summed E-state index contributed by atoms with van der Waals surface area (Å²) in [5, 5.41) is 0. The van der Waals surface area contributed by atoms with E-state index in [1.807, 2.05) is 6.07 Å². The summed E-state index contributed by atoms with van der Waals surface area (Å²) in [4.78, 5) is 23.2. The summed E-state index contributed by atoms with van der Waals surface area (Å²) in [7, 11) is 1.20. The van der Waals surface area contributed by atoms with Crippen molar-refractivity contribution in [2.45, 2.75) is 25.2 Å². The quantitative estimate of drug-likeness (QED) is 0.720. The van der Waals surface area contributed by atoms with Gasteiger partial charge in [0.1, 0.15) is 25.3 Å². The van der Waals surface area contributed by atoms with Gasteiger partial charge in [0.2, 0.25) is 0 Å². The van der Waals surface area contributed by atoms with Gasteiger partial charge < -0.3 is 28.4 Å². The molecule has 0 aromatic heterocycles. The van der Waals surface area contributed by atoms with E-state index in [0.29, 0.717) is 5.75 Å². The Morgan fingerprint density at radius 1 is 1.29 bits per heavy atom. The van der Waals surface area contributed by atoms with Gasteiger partial charge in [-0.3, -0.25) is 0 Å². The highest BCUT2D eigenvalue weighted by Crippen LogP contribution is 2.15. The van der Waals surface area contributed by atoms with Crippen LogP contribution in [-0.4, -0.2) is 57.6 Å². The smallest absolute Gasteiger partial charge is 0.479 e. The van der Waals surface area contributed by atoms with Gasteiger partial charge in [0, 0.05) is 0 Å². The van der Waals surface area contributed by atoms with Crippen LogP contribution in [0.5, 0.6) is 5.75 Å². The highest BCUT2D eigenvalue weighted by atomic mass is 16.7. The van der Waals surface area contributed by atoms with Gasteiger partial charge in [0.25, 0.3) is 0 Å². The highest BCUT2D eigenvalue weighted by molar-refractivity contribution is 5.74. The van der Waals surface area contributed by atoms with Crippen LogP contribution in [0.25, 0.3) is 0 Å². The summed E-state index contributed by atoms with van der Waals surface area (Å²) < 4.78 is 30.5. The van der Waals surface area contributed by atoms with Gasteiger partial charge in [-0.25, -0.2) is 9.59 Å². The van der Waals surface area contributed by atoms with Gasteiger partial charge in [-0.2, -0.15) is 0 Å². The summed E-state index contributed by atoms with van der Waals surface area (Å²) in [6.07, 6.45) is -2.99. The monoisotopic (exact) mass is 340 g/mol. The topological polar surface area (TPSA) is 89.5 Å². The van der Waals surface area contributed by atoms with Crippen molar-refractivity contribution in [2.75, 3.05) is 27.1 Å². The van der Waals surface area contributed by atoms with Gasteiger partial charge in [0.15, 0.2) is 12.2 Å². The molecule has 0 bridgehead atoms. The number of benzene rings is 1. The number of ether oxygens (including phenoxy) is 6. The summed E-state index contributed by atoms with van der Waals surface area (Å²) in [5.41, 5.74) is 0. The van der Waals surface area contributed by atoms with Crippen LogP contribution in [0.2, 0.25) is 0 Å². The molecule has 8 nitrogen and oxygen atoms in total. The maximum absolute atomic E-state index is 12.2. The van der Waals surface area contributed by atoms with Crippen molar-refractivity contribution in [3.8, 4) is 5.75 Å². The van der Waals surface area contributed by atoms with Crippen LogP contribution in [0.4, 0.5) is 4.79 Å². The van der Waals surface area contributed by atoms with Crippen molar-refractivity contribution in [3.05, 3.63) is 30.3 Å². The van der Waals surface area contributed by atoms with Crippen molar-refractivity contribution >= 4 is 12.1 Å². The zero-order valence-electron chi connectivity index (χ0n) is 13.5. The standard InChI is InChI=1S/C16H20O8/c1-11(23-12-6-4-3-5-7-12)15(17)24-14-8-20-10-22-13(14)9-21-16(18)19-2/h3-7,11,13-14H,8-10H2,1-2H3/t11-,13-,14-/m0/s1. The number of methoxy groups -OCH3 is 1. The molecule has 2 rings (SSSR count). The first-order valence-corrected chi connectivity index (χ1v) is 7.42. The Morgan fingerprint density at radius 3 is 2.75 bits per heavy atom. The molecule has 1 saturated heterocycles. The molecular weight excluding hydrogens is 320 g/mol. The van der Waals surface area contributed by atoms with E-state index >= 15 is 0 Å². The molecule has 1 heterocycles. The molecule has 0 amide bonds. The lowest BCUT2D eigenvalue weighted by Crippen LogP contribution is -2.46. The van der Waals surface area contributed by atoms with Crippen molar-refractivity contribution < 1.29 is 38.0 Å². The number of hydrogen-bond donors (Lipinski definition) is 0. The van der Waals surface area contributed by atoms with Crippen molar-refractivity contribution in [3.63, 3.8) is 0 Å². The molecule has 1 fully saturated rings. The molecule has 0 unspecified atom stereocenters. The number of rotatable bonds is 6. The van der Waals surface area contributed by atoms with E-state index in [4.69, 9.17) is 23.7 Å². The van der Waals surface area contributed by atoms with Crippen LogP contribution in [0.15, 0.2) is 30.3 Å². The average molecular weight is 340 g/mol. The molecule has 132 valence electrons. The minimum absolute atomic E-state index is 0.0271. The predicted molar refractivity (Wildman–Crippen MR) is 80.5 cm³/mol. The van der Waals surface area contributed by atoms with Gasteiger partial charge in [-0.1, -0.05) is 18.2 Å². The third-order valence-electron chi connectivity index (χ3n) is 3.25. The average Bonchev–Trinajstić information content (AvgIpc) is 2.61. The lowest BCUT2D eigenvalue weighted by Gasteiger charge is -2.31. The van der Waals surface area contributed by atoms with Gasteiger partial charge >= 0.3 is 12.1 Å². The summed E-state index contributed by atoms with van der Waals surface area (Å²) in [6.45, 7) is 1.64. The van der Waals surface area contributed by atoms with Crippen LogP contribution in [0.3, 0.4) is 0 Å². The number of carbonyl (C=O) groups is 2. The van der Waals surface area contributed by atoms with Crippen LogP contribution in [0.1, 0.15) is 6.92 Å². The molecule has 3 atom stereocenters. The van der Waals surface area contributed by atoms with E-state index < -0.39 is 30.4 Å². The Kier molecular flexibility index (Phi) is 6.83. The second-order valence-corrected chi connectivity index (χ2v) is 5.01. The SMILES string of the molecule is COC(=O)OC[C@@H]1OCOC[C@@H]1OC(=O)[C@H](C)Oc1ccccc1. The summed E-state index contributed by atoms with van der Waals surface area (Å²) in [6, 6.07) is 8.93. The molecule has 24 heavy (non-hydrogen) atoms. The van der Waals surface area contributed by atoms with Crippen molar-refractivity contribution in [2.24, 2.45) is 0 Å². The van der Waals surface area contributed by atoms with E-state index in [-0.39, 0.29) is 20.0 Å². The summed E-state index contributed by atoms with van der Waals surface area (Å²) in [5.74, 6) is -0.00955. The van der Waals surface area contributed by atoms with E-state index in [0.717, 1.165) is 0 Å². The van der Waals surface area contributed by atoms with Crippen LogP contribution < -0.4 is 4.74 Å². The molecule has 0 spiro atoms. The van der Waals surface area contributed by atoms with E-state index in [9.17, 15) is 9.59 Å². The lowest BCUT2D eigenvalue weighted by molar-refractivity contribution is -0.220. The first kappa shape index (κ1) is 18.0. The number of para-hydroxylation sites is 1. The van der Waals surface area contributed by atoms with E-state index in [2.05, 4.69) is 4.74 Å². The molecule has 0 radical (unpaired) electrons. The normalized spacial score (nSPS) is 21.4. The van der Waals surface area contributed by atoms with Crippen LogP contribution in [0, 0.1) is 0 Å². The zero-order chi connectivity index (χ0) is 17.4. The summed E-state index contributed by atoms with van der Waals surface area (Å²) >= 11 is 0. The number of carbonyl (C=O) groups excluding carboxylic acids is 2. The molecular formula is C16H20O8. The lowest BCUT2D eigenvalue weighted by atomic mass is 10.2. The van der Waals surface area contributed by atoms with Gasteiger partial charge in [-0.05, 0) is 19.1 Å². The zero-order valence-corrected chi connectivity index (χ0v) is 13.5. The Bertz CT molecular complexity index is 532. The van der Waals surface area contributed by atoms with E-state index in [1.54, 1.807) is 31.2 Å².